The Kier molecular flexibility index (Phi) is 10.1. The van der Waals surface area contributed by atoms with Crippen LogP contribution in [0.1, 0.15) is 43.7 Å². The molecule has 2 aliphatic rings. The number of nitrogens with zero attached hydrogens (tertiary/aromatic N) is 3. The highest BCUT2D eigenvalue weighted by Crippen LogP contribution is 2.24. The van der Waals surface area contributed by atoms with Gasteiger partial charge in [0, 0.05) is 45.8 Å². The van der Waals surface area contributed by atoms with E-state index in [1.54, 1.807) is 0 Å². The molecule has 0 radical (unpaired) electrons. The van der Waals surface area contributed by atoms with Gasteiger partial charge in [-0.15, -0.1) is 35.3 Å². The minimum Gasteiger partial charge on any atom is -0.363 e. The molecule has 1 atom stereocenters. The predicted molar refractivity (Wildman–Crippen MR) is 148 cm³/mol. The molecule has 2 aliphatic heterocycles. The molecule has 176 valence electrons. The second-order valence-electron chi connectivity index (χ2n) is 9.08. The average molecular weight is 568 g/mol. The van der Waals surface area contributed by atoms with Crippen LogP contribution in [0.4, 0.5) is 5.00 Å². The number of anilines is 1. The van der Waals surface area contributed by atoms with E-state index >= 15 is 0 Å². The zero-order chi connectivity index (χ0) is 21.5. The summed E-state index contributed by atoms with van der Waals surface area (Å²) in [5, 5.41) is 10.7. The number of likely N-dealkylation sites (tertiary alicyclic amines) is 1. The van der Waals surface area contributed by atoms with Crippen LogP contribution < -0.4 is 15.5 Å². The lowest BCUT2D eigenvalue weighted by molar-refractivity contribution is 0.176. The average Bonchev–Trinajstić information content (AvgIpc) is 3.33. The number of thiophene rings is 1. The van der Waals surface area contributed by atoms with Crippen LogP contribution in [0, 0.1) is 5.92 Å². The molecule has 3 heterocycles. The van der Waals surface area contributed by atoms with Crippen molar-refractivity contribution in [3.63, 3.8) is 0 Å². The lowest BCUT2D eigenvalue weighted by Gasteiger charge is -2.33. The maximum absolute atomic E-state index is 4.44. The third kappa shape index (κ3) is 7.35. The molecule has 4 rings (SSSR count). The lowest BCUT2D eigenvalue weighted by Crippen LogP contribution is -2.48. The zero-order valence-corrected chi connectivity index (χ0v) is 22.6. The molecule has 0 amide bonds. The molecule has 0 spiro atoms. The van der Waals surface area contributed by atoms with E-state index in [9.17, 15) is 0 Å². The summed E-state index contributed by atoms with van der Waals surface area (Å²) in [5.74, 6) is 1.74. The maximum atomic E-state index is 4.44. The van der Waals surface area contributed by atoms with Crippen LogP contribution in [0.25, 0.3) is 0 Å². The topological polar surface area (TPSA) is 42.9 Å². The number of benzene rings is 1. The van der Waals surface area contributed by atoms with E-state index < -0.39 is 0 Å². The van der Waals surface area contributed by atoms with Gasteiger partial charge in [-0.2, -0.15) is 0 Å². The molecule has 1 aromatic heterocycles. The van der Waals surface area contributed by atoms with Crippen molar-refractivity contribution in [1.29, 1.82) is 0 Å². The molecule has 0 aliphatic carbocycles. The van der Waals surface area contributed by atoms with Gasteiger partial charge in [0.25, 0.3) is 0 Å². The van der Waals surface area contributed by atoms with E-state index in [2.05, 4.69) is 74.1 Å². The van der Waals surface area contributed by atoms with E-state index in [-0.39, 0.29) is 24.0 Å². The normalized spacial score (nSPS) is 20.6. The third-order valence-electron chi connectivity index (χ3n) is 6.51. The first-order valence-electron chi connectivity index (χ1n) is 11.8. The van der Waals surface area contributed by atoms with Crippen molar-refractivity contribution < 1.29 is 0 Å². The summed E-state index contributed by atoms with van der Waals surface area (Å²) in [6.45, 7) is 8.92. The van der Waals surface area contributed by atoms with Crippen LogP contribution in [0.15, 0.2) is 46.8 Å². The SMILES string of the molecule is CN=C(NCc1ccc(CN2CCCC(C)C2)cc1)NC1CCN(c2cccs2)CC1.I. The number of nitrogens with one attached hydrogen (secondary N) is 2. The summed E-state index contributed by atoms with van der Waals surface area (Å²) in [7, 11) is 1.86. The molecule has 1 unspecified atom stereocenters. The fraction of sp³-hybridized carbons (Fsp3) is 0.560. The Bertz CT molecular complexity index is 815. The minimum absolute atomic E-state index is 0. The number of halogens is 1. The van der Waals surface area contributed by atoms with Crippen molar-refractivity contribution in [3.05, 3.63) is 52.9 Å². The molecule has 2 N–H and O–H groups in total. The fourth-order valence-corrected chi connectivity index (χ4v) is 5.50. The lowest BCUT2D eigenvalue weighted by atomic mass is 9.99. The van der Waals surface area contributed by atoms with E-state index in [0.29, 0.717) is 6.04 Å². The summed E-state index contributed by atoms with van der Waals surface area (Å²) in [6, 6.07) is 13.9. The van der Waals surface area contributed by atoms with Crippen LogP contribution in [-0.4, -0.2) is 50.1 Å². The van der Waals surface area contributed by atoms with Crippen LogP contribution >= 0.6 is 35.3 Å². The first-order chi connectivity index (χ1) is 15.2. The molecule has 5 nitrogen and oxygen atoms in total. The summed E-state index contributed by atoms with van der Waals surface area (Å²) in [5.41, 5.74) is 2.71. The molecule has 2 aromatic rings. The number of guanidine groups is 1. The van der Waals surface area contributed by atoms with Crippen molar-refractivity contribution >= 4 is 46.3 Å². The van der Waals surface area contributed by atoms with Gasteiger partial charge >= 0.3 is 0 Å². The largest absolute Gasteiger partial charge is 0.363 e. The smallest absolute Gasteiger partial charge is 0.191 e. The summed E-state index contributed by atoms with van der Waals surface area (Å²) < 4.78 is 0. The minimum atomic E-state index is 0. The number of hydrogen-bond donors (Lipinski definition) is 2. The highest BCUT2D eigenvalue weighted by atomic mass is 127. The predicted octanol–water partition coefficient (Wildman–Crippen LogP) is 4.93. The first-order valence-corrected chi connectivity index (χ1v) is 12.6. The van der Waals surface area contributed by atoms with Crippen LogP contribution in [0.2, 0.25) is 0 Å². The van der Waals surface area contributed by atoms with Gasteiger partial charge < -0.3 is 15.5 Å². The zero-order valence-electron chi connectivity index (χ0n) is 19.4. The molecule has 7 heteroatoms. The molecule has 1 aromatic carbocycles. The van der Waals surface area contributed by atoms with Gasteiger partial charge in [-0.05, 0) is 66.8 Å². The van der Waals surface area contributed by atoms with Gasteiger partial charge in [0.2, 0.25) is 0 Å². The van der Waals surface area contributed by atoms with Crippen molar-refractivity contribution in [2.45, 2.75) is 51.7 Å². The summed E-state index contributed by atoms with van der Waals surface area (Å²) in [6.07, 6.45) is 5.00. The van der Waals surface area contributed by atoms with Gasteiger partial charge in [0.15, 0.2) is 5.96 Å². The molecular formula is C25H38IN5S. The molecule has 32 heavy (non-hydrogen) atoms. The summed E-state index contributed by atoms with van der Waals surface area (Å²) >= 11 is 1.83. The van der Waals surface area contributed by atoms with E-state index in [1.165, 1.54) is 42.1 Å². The summed E-state index contributed by atoms with van der Waals surface area (Å²) in [4.78, 5) is 9.53. The van der Waals surface area contributed by atoms with Crippen LogP contribution in [0.3, 0.4) is 0 Å². The monoisotopic (exact) mass is 567 g/mol. The molecule has 2 saturated heterocycles. The second-order valence-corrected chi connectivity index (χ2v) is 10.0. The highest BCUT2D eigenvalue weighted by molar-refractivity contribution is 14.0. The molecule has 0 saturated carbocycles. The van der Waals surface area contributed by atoms with Gasteiger partial charge in [0.1, 0.15) is 0 Å². The van der Waals surface area contributed by atoms with E-state index in [4.69, 9.17) is 0 Å². The van der Waals surface area contributed by atoms with E-state index in [1.807, 2.05) is 18.4 Å². The standard InChI is InChI=1S/C25H37N5S.HI/c1-20-5-3-13-29(18-20)19-22-9-7-21(8-10-22)17-27-25(26-2)28-23-11-14-30(15-12-23)24-6-4-16-31-24;/h4,6-10,16,20,23H,3,5,11-15,17-19H2,1-2H3,(H2,26,27,28);1H. The molecule has 2 fully saturated rings. The molecular weight excluding hydrogens is 529 g/mol. The maximum Gasteiger partial charge on any atom is 0.191 e. The van der Waals surface area contributed by atoms with Crippen molar-refractivity contribution in [2.24, 2.45) is 10.9 Å². The van der Waals surface area contributed by atoms with Crippen LogP contribution in [0.5, 0.6) is 0 Å². The Morgan fingerprint density at radius 3 is 2.47 bits per heavy atom. The van der Waals surface area contributed by atoms with Gasteiger partial charge in [-0.3, -0.25) is 9.89 Å². The second kappa shape index (κ2) is 12.8. The Balaban J connectivity index is 0.00000289. The first kappa shape index (κ1) is 25.3. The Labute approximate surface area is 214 Å². The van der Waals surface area contributed by atoms with Gasteiger partial charge in [-0.25, -0.2) is 0 Å². The number of rotatable bonds is 6. The van der Waals surface area contributed by atoms with Gasteiger partial charge in [0.05, 0.1) is 5.00 Å². The Morgan fingerprint density at radius 2 is 1.81 bits per heavy atom. The fourth-order valence-electron chi connectivity index (χ4n) is 4.72. The van der Waals surface area contributed by atoms with Crippen LogP contribution in [-0.2, 0) is 13.1 Å². The number of piperidine rings is 2. The quantitative estimate of drug-likeness (QED) is 0.295. The molecule has 0 bridgehead atoms. The Hall–Kier alpha value is -1.32. The van der Waals surface area contributed by atoms with Crippen molar-refractivity contribution in [3.8, 4) is 0 Å². The Morgan fingerprint density at radius 1 is 1.06 bits per heavy atom. The van der Waals surface area contributed by atoms with Crippen molar-refractivity contribution in [2.75, 3.05) is 38.1 Å². The highest BCUT2D eigenvalue weighted by Gasteiger charge is 2.20. The van der Waals surface area contributed by atoms with E-state index in [0.717, 1.165) is 50.9 Å². The third-order valence-corrected chi connectivity index (χ3v) is 7.44. The number of hydrogen-bond acceptors (Lipinski definition) is 4. The number of aliphatic imine (C=N–C) groups is 1. The van der Waals surface area contributed by atoms with Crippen molar-refractivity contribution in [1.82, 2.24) is 15.5 Å². The van der Waals surface area contributed by atoms with Gasteiger partial charge in [-0.1, -0.05) is 31.2 Å².